The molecular formula is C26H23F2N5O2. The van der Waals surface area contributed by atoms with E-state index in [0.717, 1.165) is 15.6 Å². The van der Waals surface area contributed by atoms with Crippen molar-refractivity contribution in [2.24, 2.45) is 0 Å². The average molecular weight is 475 g/mol. The van der Waals surface area contributed by atoms with Gasteiger partial charge in [0, 0.05) is 0 Å². The molecule has 3 aromatic carbocycles. The highest BCUT2D eigenvalue weighted by molar-refractivity contribution is 5.81. The molecule has 0 saturated carbocycles. The number of benzene rings is 3. The number of imidazole rings is 2. The molecule has 2 heterocycles. The van der Waals surface area contributed by atoms with Gasteiger partial charge in [0.1, 0.15) is 30.5 Å². The van der Waals surface area contributed by atoms with Crippen LogP contribution in [0.3, 0.4) is 0 Å². The molecule has 0 bridgehead atoms. The first-order valence-corrected chi connectivity index (χ1v) is 11.2. The van der Waals surface area contributed by atoms with E-state index in [-0.39, 0.29) is 24.9 Å². The predicted molar refractivity (Wildman–Crippen MR) is 128 cm³/mol. The van der Waals surface area contributed by atoms with E-state index < -0.39 is 12.6 Å². The predicted octanol–water partition coefficient (Wildman–Crippen LogP) is 5.24. The van der Waals surface area contributed by atoms with Gasteiger partial charge in [-0.3, -0.25) is 9.36 Å². The summed E-state index contributed by atoms with van der Waals surface area (Å²) in [6, 6.07) is 22.8. The monoisotopic (exact) mass is 475 g/mol. The molecule has 178 valence electrons. The van der Waals surface area contributed by atoms with Gasteiger partial charge in [-0.1, -0.05) is 42.5 Å². The lowest BCUT2D eigenvalue weighted by atomic mass is 10.3. The molecule has 1 unspecified atom stereocenters. The van der Waals surface area contributed by atoms with Gasteiger partial charge in [-0.05, 0) is 43.3 Å². The third-order valence-electron chi connectivity index (χ3n) is 5.73. The fraction of sp³-hybridized carbons (Fsp3) is 0.192. The van der Waals surface area contributed by atoms with Crippen LogP contribution < -0.4 is 10.1 Å². The van der Waals surface area contributed by atoms with Crippen molar-refractivity contribution in [3.8, 4) is 5.75 Å². The normalized spacial score (nSPS) is 12.3. The highest BCUT2D eigenvalue weighted by Gasteiger charge is 2.23. The number of carbonyl (C=O) groups is 1. The highest BCUT2D eigenvalue weighted by atomic mass is 19.3. The topological polar surface area (TPSA) is 74.0 Å². The number of rotatable bonds is 8. The lowest BCUT2D eigenvalue weighted by molar-refractivity contribution is -0.122. The fourth-order valence-corrected chi connectivity index (χ4v) is 4.15. The van der Waals surface area contributed by atoms with Crippen LogP contribution in [0.2, 0.25) is 0 Å². The van der Waals surface area contributed by atoms with Gasteiger partial charge in [0.15, 0.2) is 0 Å². The molecule has 0 aliphatic carbocycles. The van der Waals surface area contributed by atoms with E-state index in [1.54, 1.807) is 35.8 Å². The smallest absolute Gasteiger partial charge is 0.320 e. The molecule has 7 nitrogen and oxygen atoms in total. The van der Waals surface area contributed by atoms with Crippen LogP contribution in [-0.2, 0) is 17.9 Å². The first kappa shape index (κ1) is 22.5. The van der Waals surface area contributed by atoms with Gasteiger partial charge < -0.3 is 14.6 Å². The lowest BCUT2D eigenvalue weighted by Crippen LogP contribution is -2.32. The number of nitrogens with one attached hydrogen (secondary N) is 1. The Labute approximate surface area is 200 Å². The Hall–Kier alpha value is -4.27. The van der Waals surface area contributed by atoms with E-state index in [0.29, 0.717) is 22.6 Å². The van der Waals surface area contributed by atoms with E-state index in [2.05, 4.69) is 15.3 Å². The number of halogens is 2. The summed E-state index contributed by atoms with van der Waals surface area (Å²) in [4.78, 5) is 22.0. The molecule has 5 rings (SSSR count). The lowest BCUT2D eigenvalue weighted by Gasteiger charge is -2.17. The van der Waals surface area contributed by atoms with Crippen LogP contribution in [-0.4, -0.2) is 25.0 Å². The largest absolute Gasteiger partial charge is 0.486 e. The summed E-state index contributed by atoms with van der Waals surface area (Å²) in [5.41, 5.74) is 2.28. The zero-order valence-electron chi connectivity index (χ0n) is 18.9. The molecule has 0 aliphatic rings. The summed E-state index contributed by atoms with van der Waals surface area (Å²) in [5, 5.41) is 2.81. The summed E-state index contributed by atoms with van der Waals surface area (Å²) in [6.45, 7) is -1.02. The summed E-state index contributed by atoms with van der Waals surface area (Å²) in [6.07, 6.45) is 0. The van der Waals surface area contributed by atoms with Crippen molar-refractivity contribution in [3.05, 3.63) is 90.5 Å². The van der Waals surface area contributed by atoms with Gasteiger partial charge in [0.25, 0.3) is 0 Å². The SMILES string of the molecule is CC(NC(=O)Cn1c(COc2ccccc2)nc2ccccc21)c1nc2ccccc2n1C(F)F. The Morgan fingerprint density at radius 2 is 1.54 bits per heavy atom. The Morgan fingerprint density at radius 1 is 0.914 bits per heavy atom. The van der Waals surface area contributed by atoms with Gasteiger partial charge in [-0.2, -0.15) is 8.78 Å². The number of amides is 1. The molecule has 2 aromatic heterocycles. The maximum Gasteiger partial charge on any atom is 0.320 e. The molecule has 9 heteroatoms. The molecule has 1 amide bonds. The zero-order chi connectivity index (χ0) is 24.4. The van der Waals surface area contributed by atoms with Crippen LogP contribution in [0.15, 0.2) is 78.9 Å². The number of hydrogen-bond donors (Lipinski definition) is 1. The summed E-state index contributed by atoms with van der Waals surface area (Å²) < 4.78 is 36.1. The van der Waals surface area contributed by atoms with Crippen LogP contribution in [0.5, 0.6) is 5.75 Å². The van der Waals surface area contributed by atoms with Crippen LogP contribution in [0.4, 0.5) is 8.78 Å². The van der Waals surface area contributed by atoms with Crippen molar-refractivity contribution in [2.75, 3.05) is 0 Å². The van der Waals surface area contributed by atoms with Crippen molar-refractivity contribution < 1.29 is 18.3 Å². The second kappa shape index (κ2) is 9.54. The second-order valence-corrected chi connectivity index (χ2v) is 8.10. The standard InChI is InChI=1S/C26H23F2N5O2/c1-17(25-31-20-12-6-8-14-22(20)33(25)26(27)28)29-24(34)15-32-21-13-7-5-11-19(21)30-23(32)16-35-18-9-3-2-4-10-18/h2-14,17,26H,15-16H2,1H3,(H,29,34). The van der Waals surface area contributed by atoms with E-state index in [4.69, 9.17) is 4.74 Å². The molecule has 0 radical (unpaired) electrons. The molecule has 0 spiro atoms. The zero-order valence-corrected chi connectivity index (χ0v) is 18.9. The number of nitrogens with zero attached hydrogens (tertiary/aromatic N) is 4. The van der Waals surface area contributed by atoms with Crippen molar-refractivity contribution in [3.63, 3.8) is 0 Å². The van der Waals surface area contributed by atoms with Crippen LogP contribution in [0, 0.1) is 0 Å². The average Bonchev–Trinajstić information content (AvgIpc) is 3.42. The number of para-hydroxylation sites is 5. The minimum absolute atomic E-state index is 0.0484. The number of hydrogen-bond acceptors (Lipinski definition) is 4. The number of aromatic nitrogens is 4. The minimum atomic E-state index is -2.78. The molecule has 35 heavy (non-hydrogen) atoms. The first-order chi connectivity index (χ1) is 17.0. The van der Waals surface area contributed by atoms with E-state index in [1.807, 2.05) is 54.6 Å². The Kier molecular flexibility index (Phi) is 6.13. The summed E-state index contributed by atoms with van der Waals surface area (Å²) in [5.74, 6) is 1.01. The van der Waals surface area contributed by atoms with E-state index in [9.17, 15) is 13.6 Å². The molecule has 5 aromatic rings. The second-order valence-electron chi connectivity index (χ2n) is 8.10. The van der Waals surface area contributed by atoms with E-state index in [1.165, 1.54) is 0 Å². The van der Waals surface area contributed by atoms with E-state index >= 15 is 0 Å². The van der Waals surface area contributed by atoms with Gasteiger partial charge >= 0.3 is 6.55 Å². The molecular weight excluding hydrogens is 452 g/mol. The van der Waals surface area contributed by atoms with Crippen LogP contribution >= 0.6 is 0 Å². The maximum atomic E-state index is 13.8. The fourth-order valence-electron chi connectivity index (χ4n) is 4.15. The van der Waals surface area contributed by atoms with Crippen molar-refractivity contribution in [2.45, 2.75) is 32.7 Å². The van der Waals surface area contributed by atoms with Gasteiger partial charge in [0.05, 0.1) is 28.1 Å². The molecule has 1 N–H and O–H groups in total. The van der Waals surface area contributed by atoms with Gasteiger partial charge in [-0.25, -0.2) is 9.97 Å². The molecule has 0 fully saturated rings. The summed E-state index contributed by atoms with van der Waals surface area (Å²) in [7, 11) is 0. The number of ether oxygens (including phenoxy) is 1. The molecule has 1 atom stereocenters. The van der Waals surface area contributed by atoms with Gasteiger partial charge in [0.2, 0.25) is 5.91 Å². The van der Waals surface area contributed by atoms with Crippen LogP contribution in [0.25, 0.3) is 22.1 Å². The van der Waals surface area contributed by atoms with Crippen molar-refractivity contribution in [1.29, 1.82) is 0 Å². The Morgan fingerprint density at radius 3 is 2.26 bits per heavy atom. The maximum absolute atomic E-state index is 13.8. The van der Waals surface area contributed by atoms with Crippen molar-refractivity contribution in [1.82, 2.24) is 24.4 Å². The Balaban J connectivity index is 1.38. The van der Waals surface area contributed by atoms with Crippen LogP contribution in [0.1, 0.15) is 31.2 Å². The van der Waals surface area contributed by atoms with Gasteiger partial charge in [-0.15, -0.1) is 0 Å². The number of carbonyl (C=O) groups excluding carboxylic acids is 1. The third-order valence-corrected chi connectivity index (χ3v) is 5.73. The summed E-state index contributed by atoms with van der Waals surface area (Å²) >= 11 is 0. The first-order valence-electron chi connectivity index (χ1n) is 11.2. The highest BCUT2D eigenvalue weighted by Crippen LogP contribution is 2.26. The third kappa shape index (κ3) is 4.57. The molecule has 0 saturated heterocycles. The Bertz CT molecular complexity index is 1480. The molecule has 0 aliphatic heterocycles. The minimum Gasteiger partial charge on any atom is -0.486 e. The van der Waals surface area contributed by atoms with Crippen molar-refractivity contribution >= 4 is 28.0 Å². The number of alkyl halides is 2. The quantitative estimate of drug-likeness (QED) is 0.333. The number of fused-ring (bicyclic) bond motifs is 2.